The molecule has 12 nitrogen and oxygen atoms in total. The topological polar surface area (TPSA) is 151 Å². The molecule has 0 spiro atoms. The van der Waals surface area contributed by atoms with Crippen molar-refractivity contribution in [3.8, 4) is 17.0 Å². The van der Waals surface area contributed by atoms with Gasteiger partial charge in [0.25, 0.3) is 0 Å². The first-order valence-electron chi connectivity index (χ1n) is 17.9. The average Bonchev–Trinajstić information content (AvgIpc) is 3.12. The lowest BCUT2D eigenvalue weighted by Crippen LogP contribution is -2.59. The van der Waals surface area contributed by atoms with Crippen molar-refractivity contribution in [1.82, 2.24) is 26.1 Å². The van der Waals surface area contributed by atoms with Crippen LogP contribution in [0.2, 0.25) is 0 Å². The number of nitrogens with one attached hydrogen (secondary N) is 3. The van der Waals surface area contributed by atoms with Gasteiger partial charge in [-0.2, -0.15) is 0 Å². The third-order valence-electron chi connectivity index (χ3n) is 8.34. The smallest absolute Gasteiger partial charge is 0.422 e. The summed E-state index contributed by atoms with van der Waals surface area (Å²) in [5.41, 5.74) is 5.78. The van der Waals surface area contributed by atoms with Crippen LogP contribution in [0.5, 0.6) is 5.75 Å². The van der Waals surface area contributed by atoms with E-state index in [4.69, 9.17) is 14.2 Å². The SMILES string of the molecule is COC(=O)NC(C(=O)NC(Cc1ccc(OCc2ccccc2)cc1)C(O)CN(Cc1ccc(-c2ccccn2)cc1)NC(=O)OC(C)(C)C)C(C)(C)C. The molecule has 54 heavy (non-hydrogen) atoms. The van der Waals surface area contributed by atoms with Crippen molar-refractivity contribution in [2.24, 2.45) is 5.41 Å². The Morgan fingerprint density at radius 3 is 2.02 bits per heavy atom. The number of nitrogens with zero attached hydrogens (tertiary/aromatic N) is 2. The molecule has 1 aromatic heterocycles. The van der Waals surface area contributed by atoms with Gasteiger partial charge >= 0.3 is 12.2 Å². The normalized spacial score (nSPS) is 13.3. The predicted octanol–water partition coefficient (Wildman–Crippen LogP) is 6.43. The van der Waals surface area contributed by atoms with Gasteiger partial charge in [-0.25, -0.2) is 14.6 Å². The molecular weight excluding hydrogens is 686 g/mol. The highest BCUT2D eigenvalue weighted by atomic mass is 16.6. The van der Waals surface area contributed by atoms with Crippen LogP contribution in [0, 0.1) is 5.41 Å². The third-order valence-corrected chi connectivity index (χ3v) is 8.34. The number of hydrogen-bond donors (Lipinski definition) is 4. The number of hydrogen-bond acceptors (Lipinski definition) is 9. The minimum atomic E-state index is -1.20. The van der Waals surface area contributed by atoms with Crippen molar-refractivity contribution < 1.29 is 33.7 Å². The van der Waals surface area contributed by atoms with Crippen LogP contribution in [0.3, 0.4) is 0 Å². The van der Waals surface area contributed by atoms with E-state index in [1.54, 1.807) is 32.0 Å². The summed E-state index contributed by atoms with van der Waals surface area (Å²) in [5, 5.41) is 19.1. The Morgan fingerprint density at radius 1 is 0.778 bits per heavy atom. The first kappa shape index (κ1) is 41.3. The Labute approximate surface area is 318 Å². The Morgan fingerprint density at radius 2 is 1.43 bits per heavy atom. The fourth-order valence-electron chi connectivity index (χ4n) is 5.59. The molecule has 4 rings (SSSR count). The van der Waals surface area contributed by atoms with E-state index < -0.39 is 47.3 Å². The zero-order chi connectivity index (χ0) is 39.3. The third kappa shape index (κ3) is 13.5. The second-order valence-electron chi connectivity index (χ2n) is 15.1. The summed E-state index contributed by atoms with van der Waals surface area (Å²) in [6.07, 6.45) is -0.698. The summed E-state index contributed by atoms with van der Waals surface area (Å²) in [5.74, 6) is 0.164. The summed E-state index contributed by atoms with van der Waals surface area (Å²) in [6, 6.07) is 28.9. The number of ether oxygens (including phenoxy) is 3. The molecule has 3 aromatic carbocycles. The summed E-state index contributed by atoms with van der Waals surface area (Å²) < 4.78 is 16.3. The van der Waals surface area contributed by atoms with E-state index in [2.05, 4.69) is 21.0 Å². The van der Waals surface area contributed by atoms with Crippen molar-refractivity contribution in [2.45, 2.75) is 84.9 Å². The van der Waals surface area contributed by atoms with Crippen LogP contribution in [0.4, 0.5) is 9.59 Å². The molecular formula is C42H53N5O7. The van der Waals surface area contributed by atoms with Crippen LogP contribution in [0.25, 0.3) is 11.3 Å². The second-order valence-corrected chi connectivity index (χ2v) is 15.1. The largest absolute Gasteiger partial charge is 0.489 e. The van der Waals surface area contributed by atoms with Gasteiger partial charge in [0.1, 0.15) is 24.0 Å². The van der Waals surface area contributed by atoms with Crippen molar-refractivity contribution in [3.05, 3.63) is 120 Å². The van der Waals surface area contributed by atoms with Crippen molar-refractivity contribution in [1.29, 1.82) is 0 Å². The van der Waals surface area contributed by atoms with Crippen LogP contribution < -0.4 is 20.8 Å². The highest BCUT2D eigenvalue weighted by molar-refractivity contribution is 5.86. The zero-order valence-electron chi connectivity index (χ0n) is 32.2. The summed E-state index contributed by atoms with van der Waals surface area (Å²) >= 11 is 0. The first-order valence-corrected chi connectivity index (χ1v) is 17.9. The van der Waals surface area contributed by atoms with Crippen molar-refractivity contribution >= 4 is 18.1 Å². The van der Waals surface area contributed by atoms with Crippen LogP contribution in [0.15, 0.2) is 103 Å². The minimum Gasteiger partial charge on any atom is -0.489 e. The average molecular weight is 740 g/mol. The molecule has 3 atom stereocenters. The molecule has 0 radical (unpaired) electrons. The molecule has 3 unspecified atom stereocenters. The molecule has 0 aliphatic heterocycles. The number of carbonyl (C=O) groups excluding carboxylic acids is 3. The van der Waals surface area contributed by atoms with Gasteiger partial charge in [0.05, 0.1) is 24.9 Å². The van der Waals surface area contributed by atoms with Crippen LogP contribution >= 0.6 is 0 Å². The van der Waals surface area contributed by atoms with Gasteiger partial charge in [-0.3, -0.25) is 15.2 Å². The maximum atomic E-state index is 13.9. The molecule has 0 saturated heterocycles. The Kier molecular flexibility index (Phi) is 14.6. The molecule has 0 bridgehead atoms. The summed E-state index contributed by atoms with van der Waals surface area (Å²) in [6.45, 7) is 11.3. The number of hydrazine groups is 1. The number of alkyl carbamates (subject to hydrolysis) is 1. The zero-order valence-corrected chi connectivity index (χ0v) is 32.2. The lowest BCUT2D eigenvalue weighted by Gasteiger charge is -2.34. The fraction of sp³-hybridized carbons (Fsp3) is 0.381. The van der Waals surface area contributed by atoms with E-state index >= 15 is 0 Å². The molecule has 0 aliphatic carbocycles. The standard InChI is InChI=1S/C42H53N5O7/c1-41(2,3)37(45-39(50)52-7)38(49)44-35(25-29-18-22-33(23-19-29)53-28-31-13-9-8-10-14-31)36(48)27-47(46-40(51)54-42(4,5)6)26-30-16-20-32(21-17-30)34-15-11-12-24-43-34/h8-24,35-37,48H,25-28H2,1-7H3,(H,44,49)(H,45,50)(H,46,51). The number of rotatable bonds is 15. The van der Waals surface area contributed by atoms with E-state index in [9.17, 15) is 19.5 Å². The van der Waals surface area contributed by atoms with Crippen LogP contribution in [-0.2, 0) is 33.8 Å². The fourth-order valence-corrected chi connectivity index (χ4v) is 5.59. The predicted molar refractivity (Wildman–Crippen MR) is 207 cm³/mol. The number of amides is 3. The minimum absolute atomic E-state index is 0.0882. The Hall–Kier alpha value is -5.46. The maximum Gasteiger partial charge on any atom is 0.422 e. The van der Waals surface area contributed by atoms with E-state index in [1.165, 1.54) is 7.11 Å². The molecule has 288 valence electrons. The first-order chi connectivity index (χ1) is 25.6. The highest BCUT2D eigenvalue weighted by Gasteiger charge is 2.36. The summed E-state index contributed by atoms with van der Waals surface area (Å²) in [4.78, 5) is 43.5. The van der Waals surface area contributed by atoms with Gasteiger partial charge in [0, 0.05) is 24.8 Å². The quantitative estimate of drug-likeness (QED) is 0.101. The second kappa shape index (κ2) is 19.0. The molecule has 0 fully saturated rings. The van der Waals surface area contributed by atoms with E-state index in [-0.39, 0.29) is 19.5 Å². The number of aliphatic hydroxyl groups is 1. The van der Waals surface area contributed by atoms with E-state index in [0.29, 0.717) is 12.4 Å². The molecule has 3 amide bonds. The number of methoxy groups -OCH3 is 1. The number of aliphatic hydroxyl groups excluding tert-OH is 1. The van der Waals surface area contributed by atoms with Gasteiger partial charge in [0.2, 0.25) is 5.91 Å². The van der Waals surface area contributed by atoms with Gasteiger partial charge in [0.15, 0.2) is 0 Å². The molecule has 0 aliphatic rings. The van der Waals surface area contributed by atoms with Gasteiger partial charge in [-0.1, -0.05) is 93.6 Å². The molecule has 12 heteroatoms. The number of carbonyl (C=O) groups is 3. The van der Waals surface area contributed by atoms with E-state index in [1.807, 2.05) is 118 Å². The van der Waals surface area contributed by atoms with Gasteiger partial charge < -0.3 is 30.0 Å². The van der Waals surface area contributed by atoms with Crippen molar-refractivity contribution in [2.75, 3.05) is 13.7 Å². The number of pyridine rings is 1. The molecule has 4 aromatic rings. The number of benzene rings is 3. The van der Waals surface area contributed by atoms with Gasteiger partial charge in [-0.15, -0.1) is 0 Å². The van der Waals surface area contributed by atoms with Crippen LogP contribution in [-0.4, -0.2) is 70.6 Å². The molecule has 0 saturated carbocycles. The summed E-state index contributed by atoms with van der Waals surface area (Å²) in [7, 11) is 1.23. The highest BCUT2D eigenvalue weighted by Crippen LogP contribution is 2.22. The molecule has 4 N–H and O–H groups in total. The molecule has 1 heterocycles. The Bertz CT molecular complexity index is 1770. The van der Waals surface area contributed by atoms with Gasteiger partial charge in [-0.05, 0) is 73.6 Å². The Balaban J connectivity index is 1.58. The monoisotopic (exact) mass is 739 g/mol. The maximum absolute atomic E-state index is 13.9. The number of aromatic nitrogens is 1. The van der Waals surface area contributed by atoms with E-state index in [0.717, 1.165) is 27.9 Å². The van der Waals surface area contributed by atoms with Crippen LogP contribution in [0.1, 0.15) is 58.2 Å². The van der Waals surface area contributed by atoms with Crippen molar-refractivity contribution in [3.63, 3.8) is 0 Å². The lowest BCUT2D eigenvalue weighted by atomic mass is 9.85. The lowest BCUT2D eigenvalue weighted by molar-refractivity contribution is -0.127.